The van der Waals surface area contributed by atoms with E-state index in [1.165, 1.54) is 66.8 Å². The van der Waals surface area contributed by atoms with Gasteiger partial charge in [0, 0.05) is 16.9 Å². The van der Waals surface area contributed by atoms with Crippen molar-refractivity contribution in [2.24, 2.45) is 0 Å². The smallest absolute Gasteiger partial charge is 0.0714 e. The van der Waals surface area contributed by atoms with Crippen LogP contribution in [-0.4, -0.2) is 0 Å². The fourth-order valence-electron chi connectivity index (χ4n) is 8.80. The monoisotopic (exact) mass is 713 g/mol. The van der Waals surface area contributed by atoms with Crippen molar-refractivity contribution in [1.29, 1.82) is 0 Å². The van der Waals surface area contributed by atoms with E-state index >= 15 is 0 Å². The zero-order chi connectivity index (χ0) is 37.3. The summed E-state index contributed by atoms with van der Waals surface area (Å²) in [4.78, 5) is 2.44. The molecule has 0 saturated heterocycles. The number of hydrogen-bond acceptors (Lipinski definition) is 1. The summed E-state index contributed by atoms with van der Waals surface area (Å²) in [5.74, 6) is 0. The molecule has 0 spiro atoms. The Bertz CT molecular complexity index is 2700. The molecule has 9 aromatic rings. The van der Waals surface area contributed by atoms with E-state index in [0.717, 1.165) is 17.1 Å². The third kappa shape index (κ3) is 5.65. The topological polar surface area (TPSA) is 3.24 Å². The zero-order valence-electron chi connectivity index (χ0n) is 31.0. The molecular weight excluding hydrogens is 675 g/mol. The number of rotatable bonds is 8. The first-order valence-electron chi connectivity index (χ1n) is 19.3. The molecule has 0 unspecified atom stereocenters. The lowest BCUT2D eigenvalue weighted by Gasteiger charge is -2.35. The number of para-hydroxylation sites is 1. The summed E-state index contributed by atoms with van der Waals surface area (Å²) in [6, 6.07) is 86.3. The molecule has 0 atom stereocenters. The second kappa shape index (κ2) is 14.2. The Morgan fingerprint density at radius 2 is 0.679 bits per heavy atom. The van der Waals surface area contributed by atoms with Gasteiger partial charge in [-0.15, -0.1) is 0 Å². The number of fused-ring (bicyclic) bond motifs is 3. The van der Waals surface area contributed by atoms with E-state index < -0.39 is 5.41 Å². The summed E-state index contributed by atoms with van der Waals surface area (Å²) in [6.45, 7) is 0. The van der Waals surface area contributed by atoms with Gasteiger partial charge in [-0.1, -0.05) is 200 Å². The van der Waals surface area contributed by atoms with Crippen LogP contribution < -0.4 is 4.90 Å². The van der Waals surface area contributed by atoms with Gasteiger partial charge in [-0.05, 0) is 97.6 Å². The van der Waals surface area contributed by atoms with Gasteiger partial charge >= 0.3 is 0 Å². The van der Waals surface area contributed by atoms with Crippen molar-refractivity contribution in [2.45, 2.75) is 5.41 Å². The summed E-state index contributed by atoms with van der Waals surface area (Å²) in [6.07, 6.45) is 0. The van der Waals surface area contributed by atoms with Gasteiger partial charge in [0.2, 0.25) is 0 Å². The van der Waals surface area contributed by atoms with Crippen molar-refractivity contribution < 1.29 is 0 Å². The van der Waals surface area contributed by atoms with E-state index in [-0.39, 0.29) is 0 Å². The highest BCUT2D eigenvalue weighted by molar-refractivity contribution is 5.97. The second-order valence-electron chi connectivity index (χ2n) is 14.5. The molecule has 10 rings (SSSR count). The van der Waals surface area contributed by atoms with Crippen molar-refractivity contribution >= 4 is 17.1 Å². The molecule has 0 fully saturated rings. The molecule has 0 aliphatic heterocycles. The second-order valence-corrected chi connectivity index (χ2v) is 14.5. The van der Waals surface area contributed by atoms with Crippen LogP contribution in [0.2, 0.25) is 0 Å². The molecule has 0 N–H and O–H groups in total. The van der Waals surface area contributed by atoms with Gasteiger partial charge in [-0.2, -0.15) is 0 Å². The summed E-state index contributed by atoms with van der Waals surface area (Å²) >= 11 is 0. The van der Waals surface area contributed by atoms with Crippen LogP contribution >= 0.6 is 0 Å². The highest BCUT2D eigenvalue weighted by Crippen LogP contribution is 2.58. The number of anilines is 3. The standard InChI is InChI=1S/C55H39N/c1-6-18-40(19-7-1)42-30-32-44(33-31-42)50-38-51-49-28-16-17-29-52(49)55(45-22-10-3-11-23-45,46-24-12-4-13-25-46)53(51)39-54(50)56(47-26-14-5-15-27-47)48-36-34-43(35-37-48)41-20-8-2-9-21-41/h1-39H. The maximum absolute atomic E-state index is 2.49. The minimum absolute atomic E-state index is 0.529. The van der Waals surface area contributed by atoms with Crippen LogP contribution in [0.5, 0.6) is 0 Å². The summed E-state index contributed by atoms with van der Waals surface area (Å²) in [5, 5.41) is 0. The average Bonchev–Trinajstić information content (AvgIpc) is 3.58. The molecule has 56 heavy (non-hydrogen) atoms. The van der Waals surface area contributed by atoms with Gasteiger partial charge in [0.05, 0.1) is 11.1 Å². The molecule has 0 amide bonds. The number of benzene rings is 9. The maximum Gasteiger partial charge on any atom is 0.0714 e. The van der Waals surface area contributed by atoms with Crippen LogP contribution in [0, 0.1) is 0 Å². The Balaban J connectivity index is 1.27. The maximum atomic E-state index is 2.49. The van der Waals surface area contributed by atoms with E-state index in [0.29, 0.717) is 0 Å². The molecule has 1 aliphatic carbocycles. The van der Waals surface area contributed by atoms with Gasteiger partial charge in [-0.25, -0.2) is 0 Å². The van der Waals surface area contributed by atoms with E-state index in [9.17, 15) is 0 Å². The third-order valence-corrected chi connectivity index (χ3v) is 11.4. The Hall–Kier alpha value is -7.22. The first-order chi connectivity index (χ1) is 27.8. The summed E-state index contributed by atoms with van der Waals surface area (Å²) < 4.78 is 0. The predicted molar refractivity (Wildman–Crippen MR) is 235 cm³/mol. The lowest BCUT2D eigenvalue weighted by Crippen LogP contribution is -2.28. The van der Waals surface area contributed by atoms with E-state index in [2.05, 4.69) is 241 Å². The number of hydrogen-bond donors (Lipinski definition) is 0. The fraction of sp³-hybridized carbons (Fsp3) is 0.0182. The molecule has 264 valence electrons. The average molecular weight is 714 g/mol. The van der Waals surface area contributed by atoms with Crippen LogP contribution in [0.25, 0.3) is 44.5 Å². The van der Waals surface area contributed by atoms with Crippen LogP contribution in [0.1, 0.15) is 22.3 Å². The predicted octanol–water partition coefficient (Wildman–Crippen LogP) is 14.5. The highest BCUT2D eigenvalue weighted by atomic mass is 15.1. The lowest BCUT2D eigenvalue weighted by atomic mass is 9.67. The first kappa shape index (κ1) is 33.4. The molecule has 0 radical (unpaired) electrons. The molecule has 1 nitrogen and oxygen atoms in total. The van der Waals surface area contributed by atoms with Gasteiger partial charge in [0.15, 0.2) is 0 Å². The summed E-state index contributed by atoms with van der Waals surface area (Å²) in [7, 11) is 0. The molecule has 0 saturated carbocycles. The van der Waals surface area contributed by atoms with Crippen molar-refractivity contribution in [1.82, 2.24) is 0 Å². The molecule has 0 bridgehead atoms. The molecular formula is C55H39N. The number of nitrogens with zero attached hydrogens (tertiary/aromatic N) is 1. The van der Waals surface area contributed by atoms with Gasteiger partial charge in [-0.3, -0.25) is 0 Å². The highest BCUT2D eigenvalue weighted by Gasteiger charge is 2.46. The largest absolute Gasteiger partial charge is 0.310 e. The van der Waals surface area contributed by atoms with Crippen LogP contribution in [0.15, 0.2) is 237 Å². The van der Waals surface area contributed by atoms with Gasteiger partial charge in [0.1, 0.15) is 0 Å². The van der Waals surface area contributed by atoms with Crippen LogP contribution in [-0.2, 0) is 5.41 Å². The molecule has 1 aliphatic rings. The SMILES string of the molecule is c1ccc(-c2ccc(-c3cc4c(cc3N(c3ccccc3)c3ccc(-c5ccccc5)cc3)C(c3ccccc3)(c3ccccc3)c3ccccc3-4)cc2)cc1. The van der Waals surface area contributed by atoms with Crippen molar-refractivity contribution in [3.05, 3.63) is 259 Å². The van der Waals surface area contributed by atoms with Gasteiger partial charge in [0.25, 0.3) is 0 Å². The lowest BCUT2D eigenvalue weighted by molar-refractivity contribution is 0.768. The van der Waals surface area contributed by atoms with Crippen molar-refractivity contribution in [2.75, 3.05) is 4.90 Å². The zero-order valence-corrected chi connectivity index (χ0v) is 31.0. The molecule has 9 aromatic carbocycles. The molecule has 0 aromatic heterocycles. The van der Waals surface area contributed by atoms with Crippen LogP contribution in [0.3, 0.4) is 0 Å². The Kier molecular flexibility index (Phi) is 8.46. The normalized spacial score (nSPS) is 12.4. The molecule has 0 heterocycles. The summed E-state index contributed by atoms with van der Waals surface area (Å²) in [5.41, 5.74) is 17.5. The van der Waals surface area contributed by atoms with Gasteiger partial charge < -0.3 is 4.90 Å². The minimum Gasteiger partial charge on any atom is -0.310 e. The quantitative estimate of drug-likeness (QED) is 0.152. The van der Waals surface area contributed by atoms with E-state index in [1.54, 1.807) is 0 Å². The van der Waals surface area contributed by atoms with Crippen molar-refractivity contribution in [3.8, 4) is 44.5 Å². The van der Waals surface area contributed by atoms with E-state index in [1.807, 2.05) is 0 Å². The Morgan fingerprint density at radius 1 is 0.268 bits per heavy atom. The first-order valence-corrected chi connectivity index (χ1v) is 19.3. The Morgan fingerprint density at radius 3 is 1.23 bits per heavy atom. The fourth-order valence-corrected chi connectivity index (χ4v) is 8.80. The van der Waals surface area contributed by atoms with E-state index in [4.69, 9.17) is 0 Å². The molecule has 1 heteroatoms. The minimum atomic E-state index is -0.529. The van der Waals surface area contributed by atoms with Crippen LogP contribution in [0.4, 0.5) is 17.1 Å². The van der Waals surface area contributed by atoms with Crippen molar-refractivity contribution in [3.63, 3.8) is 0 Å². The Labute approximate surface area is 329 Å². The third-order valence-electron chi connectivity index (χ3n) is 11.4.